The van der Waals surface area contributed by atoms with E-state index in [-0.39, 0.29) is 11.7 Å². The molecule has 2 aromatic rings. The molecule has 26 heavy (non-hydrogen) atoms. The lowest BCUT2D eigenvalue weighted by Crippen LogP contribution is -2.15. The minimum atomic E-state index is -0.230. The van der Waals surface area contributed by atoms with Gasteiger partial charge in [0.25, 0.3) is 0 Å². The van der Waals surface area contributed by atoms with Gasteiger partial charge in [-0.1, -0.05) is 49.0 Å². The Labute approximate surface area is 161 Å². The second kappa shape index (κ2) is 9.06. The molecule has 136 valence electrons. The summed E-state index contributed by atoms with van der Waals surface area (Å²) < 4.78 is 0. The Bertz CT molecular complexity index is 810. The lowest BCUT2D eigenvalue weighted by Gasteiger charge is -2.06. The van der Waals surface area contributed by atoms with Gasteiger partial charge in [0.05, 0.1) is 17.0 Å². The smallest absolute Gasteiger partial charge is 0.234 e. The van der Waals surface area contributed by atoms with E-state index in [9.17, 15) is 4.79 Å². The van der Waals surface area contributed by atoms with Crippen LogP contribution in [0.25, 0.3) is 0 Å². The van der Waals surface area contributed by atoms with Gasteiger partial charge in [0.1, 0.15) is 11.9 Å². The molecule has 1 amide bonds. The molecule has 2 N–H and O–H groups in total. The Hall–Kier alpha value is -2.04. The van der Waals surface area contributed by atoms with Gasteiger partial charge in [0.15, 0.2) is 0 Å². The molecule has 6 nitrogen and oxygen atoms in total. The number of nitrogens with one attached hydrogen (secondary N) is 2. The third-order valence-corrected chi connectivity index (χ3v) is 5.57. The quantitative estimate of drug-likeness (QED) is 0.692. The molecule has 8 heteroatoms. The summed E-state index contributed by atoms with van der Waals surface area (Å²) in [5.74, 6) is 1.62. The predicted molar refractivity (Wildman–Crippen MR) is 102 cm³/mol. The summed E-state index contributed by atoms with van der Waals surface area (Å²) in [5, 5.41) is 19.9. The number of thioether (sulfide) groups is 1. The predicted octanol–water partition coefficient (Wildman–Crippen LogP) is 4.18. The van der Waals surface area contributed by atoms with Crippen molar-refractivity contribution < 1.29 is 4.79 Å². The van der Waals surface area contributed by atoms with Crippen molar-refractivity contribution in [3.05, 3.63) is 34.6 Å². The van der Waals surface area contributed by atoms with E-state index in [2.05, 4.69) is 20.5 Å². The Morgan fingerprint density at radius 2 is 2.23 bits per heavy atom. The number of benzene rings is 1. The van der Waals surface area contributed by atoms with Crippen LogP contribution in [-0.2, 0) is 11.2 Å². The molecule has 1 aromatic heterocycles. The minimum absolute atomic E-state index is 0.164. The van der Waals surface area contributed by atoms with Crippen molar-refractivity contribution in [1.29, 1.82) is 5.26 Å². The molecule has 0 unspecified atom stereocenters. The summed E-state index contributed by atoms with van der Waals surface area (Å²) in [5.41, 5.74) is 0.790. The minimum Gasteiger partial charge on any atom is -0.324 e. The molecule has 0 atom stereocenters. The summed E-state index contributed by atoms with van der Waals surface area (Å²) in [4.78, 5) is 16.6. The van der Waals surface area contributed by atoms with Gasteiger partial charge in [-0.2, -0.15) is 5.26 Å². The van der Waals surface area contributed by atoms with Crippen LogP contribution < -0.4 is 5.32 Å². The summed E-state index contributed by atoms with van der Waals surface area (Å²) in [6.45, 7) is 0. The lowest BCUT2D eigenvalue weighted by molar-refractivity contribution is -0.113. The Morgan fingerprint density at radius 3 is 3.00 bits per heavy atom. The molecule has 1 aliphatic carbocycles. The van der Waals surface area contributed by atoms with Crippen LogP contribution in [0, 0.1) is 17.2 Å². The molecule has 1 aromatic carbocycles. The van der Waals surface area contributed by atoms with Crippen LogP contribution in [0.5, 0.6) is 0 Å². The van der Waals surface area contributed by atoms with Gasteiger partial charge in [-0.25, -0.2) is 4.98 Å². The van der Waals surface area contributed by atoms with Gasteiger partial charge in [-0.3, -0.25) is 9.89 Å². The first-order valence-corrected chi connectivity index (χ1v) is 10.0. The van der Waals surface area contributed by atoms with Crippen LogP contribution in [0.2, 0.25) is 5.02 Å². The van der Waals surface area contributed by atoms with Crippen LogP contribution in [0.4, 0.5) is 5.69 Å². The van der Waals surface area contributed by atoms with Crippen LogP contribution in [-0.4, -0.2) is 26.8 Å². The van der Waals surface area contributed by atoms with Gasteiger partial charge in [0, 0.05) is 11.4 Å². The topological polar surface area (TPSA) is 94.5 Å². The maximum atomic E-state index is 12.1. The summed E-state index contributed by atoms with van der Waals surface area (Å²) in [6.07, 6.45) is 7.38. The summed E-state index contributed by atoms with van der Waals surface area (Å²) in [7, 11) is 0. The first-order chi connectivity index (χ1) is 12.6. The van der Waals surface area contributed by atoms with Gasteiger partial charge >= 0.3 is 0 Å². The number of nitriles is 1. The molecule has 0 bridgehead atoms. The van der Waals surface area contributed by atoms with Gasteiger partial charge < -0.3 is 5.32 Å². The third-order valence-electron chi connectivity index (χ3n) is 4.48. The highest BCUT2D eigenvalue weighted by Crippen LogP contribution is 2.28. The maximum Gasteiger partial charge on any atom is 0.234 e. The first kappa shape index (κ1) is 18.7. The number of rotatable bonds is 7. The highest BCUT2D eigenvalue weighted by molar-refractivity contribution is 7.99. The maximum absolute atomic E-state index is 12.1. The fourth-order valence-electron chi connectivity index (χ4n) is 3.13. The number of anilines is 1. The van der Waals surface area contributed by atoms with E-state index < -0.39 is 0 Å². The van der Waals surface area contributed by atoms with E-state index in [4.69, 9.17) is 16.9 Å². The van der Waals surface area contributed by atoms with Crippen molar-refractivity contribution in [2.75, 3.05) is 11.1 Å². The fraction of sp³-hybridized carbons (Fsp3) is 0.444. The van der Waals surface area contributed by atoms with Crippen molar-refractivity contribution >= 4 is 35.0 Å². The second-order valence-electron chi connectivity index (χ2n) is 6.39. The normalized spacial score (nSPS) is 14.3. The van der Waals surface area contributed by atoms with E-state index in [0.29, 0.717) is 21.4 Å². The largest absolute Gasteiger partial charge is 0.324 e. The number of aromatic amines is 1. The standard InChI is InChI=1S/C18H20ClN5OS/c19-14-7-6-13(10-20)15(9-14)21-17(25)11-26-18-22-16(23-24-18)8-5-12-3-1-2-4-12/h6-7,9,12H,1-5,8,11H2,(H,21,25)(H,22,23,24). The molecular weight excluding hydrogens is 370 g/mol. The Balaban J connectivity index is 1.47. The zero-order valence-corrected chi connectivity index (χ0v) is 15.9. The molecule has 0 aliphatic heterocycles. The van der Waals surface area contributed by atoms with Crippen molar-refractivity contribution in [3.8, 4) is 6.07 Å². The number of aryl methyl sites for hydroxylation is 1. The number of H-pyrrole nitrogens is 1. The number of hydrogen-bond acceptors (Lipinski definition) is 5. The molecule has 1 aliphatic rings. The average molecular weight is 390 g/mol. The van der Waals surface area contributed by atoms with Crippen LogP contribution in [0.1, 0.15) is 43.5 Å². The molecular formula is C18H20ClN5OS. The van der Waals surface area contributed by atoms with Crippen LogP contribution >= 0.6 is 23.4 Å². The zero-order valence-electron chi connectivity index (χ0n) is 14.3. The number of nitrogens with zero attached hydrogens (tertiary/aromatic N) is 3. The molecule has 1 saturated carbocycles. The molecule has 0 spiro atoms. The number of hydrogen-bond donors (Lipinski definition) is 2. The molecule has 3 rings (SSSR count). The summed E-state index contributed by atoms with van der Waals surface area (Å²) >= 11 is 7.18. The lowest BCUT2D eigenvalue weighted by atomic mass is 10.0. The SMILES string of the molecule is N#Cc1ccc(Cl)cc1NC(=O)CSc1n[nH]c(CCC2CCCC2)n1. The monoisotopic (exact) mass is 389 g/mol. The average Bonchev–Trinajstić information content (AvgIpc) is 3.30. The summed E-state index contributed by atoms with van der Waals surface area (Å²) in [6, 6.07) is 6.80. The van der Waals surface area contributed by atoms with Crippen molar-refractivity contribution in [2.45, 2.75) is 43.7 Å². The van der Waals surface area contributed by atoms with Crippen LogP contribution in [0.15, 0.2) is 23.4 Å². The van der Waals surface area contributed by atoms with Crippen molar-refractivity contribution in [3.63, 3.8) is 0 Å². The molecule has 0 radical (unpaired) electrons. The fourth-order valence-corrected chi connectivity index (χ4v) is 3.92. The van der Waals surface area contributed by atoms with E-state index >= 15 is 0 Å². The molecule has 0 saturated heterocycles. The number of carbonyl (C=O) groups excluding carboxylic acids is 1. The Kier molecular flexibility index (Phi) is 6.53. The third kappa shape index (κ3) is 5.23. The number of carbonyl (C=O) groups is 1. The highest BCUT2D eigenvalue weighted by atomic mass is 35.5. The van der Waals surface area contributed by atoms with E-state index in [0.717, 1.165) is 24.6 Å². The van der Waals surface area contributed by atoms with Gasteiger partial charge in [-0.15, -0.1) is 5.10 Å². The van der Waals surface area contributed by atoms with E-state index in [1.165, 1.54) is 37.4 Å². The van der Waals surface area contributed by atoms with Crippen molar-refractivity contribution in [1.82, 2.24) is 15.2 Å². The van der Waals surface area contributed by atoms with Gasteiger partial charge in [-0.05, 0) is 30.5 Å². The van der Waals surface area contributed by atoms with E-state index in [1.807, 2.05) is 6.07 Å². The van der Waals surface area contributed by atoms with Gasteiger partial charge in [0.2, 0.25) is 11.1 Å². The first-order valence-electron chi connectivity index (χ1n) is 8.67. The van der Waals surface area contributed by atoms with Crippen LogP contribution in [0.3, 0.4) is 0 Å². The molecule has 1 heterocycles. The molecule has 1 fully saturated rings. The highest BCUT2D eigenvalue weighted by Gasteiger charge is 2.16. The van der Waals surface area contributed by atoms with Crippen molar-refractivity contribution in [2.24, 2.45) is 5.92 Å². The number of halogens is 1. The zero-order chi connectivity index (χ0) is 18.4. The number of amides is 1. The second-order valence-corrected chi connectivity index (χ2v) is 7.77. The number of aromatic nitrogens is 3. The Morgan fingerprint density at radius 1 is 1.42 bits per heavy atom. The van der Waals surface area contributed by atoms with E-state index in [1.54, 1.807) is 18.2 Å².